The van der Waals surface area contributed by atoms with E-state index in [-0.39, 0.29) is 5.91 Å². The highest BCUT2D eigenvalue weighted by Gasteiger charge is 2.21. The van der Waals surface area contributed by atoms with Gasteiger partial charge in [0.05, 0.1) is 25.5 Å². The Balaban J connectivity index is 1.54. The Morgan fingerprint density at radius 2 is 1.69 bits per heavy atom. The van der Waals surface area contributed by atoms with E-state index < -0.39 is 0 Å². The molecule has 36 heavy (non-hydrogen) atoms. The number of methoxy groups -OCH3 is 2. The molecule has 0 aliphatic carbocycles. The smallest absolute Gasteiger partial charge is 0.259 e. The van der Waals surface area contributed by atoms with Crippen LogP contribution in [0.5, 0.6) is 11.5 Å². The summed E-state index contributed by atoms with van der Waals surface area (Å²) < 4.78 is 14.1. The topological polar surface area (TPSA) is 109 Å². The molecule has 180 valence electrons. The second kappa shape index (κ2) is 9.71. The zero-order valence-electron chi connectivity index (χ0n) is 19.9. The number of aryl methyl sites for hydroxylation is 1. The van der Waals surface area contributed by atoms with Crippen LogP contribution in [0.25, 0.3) is 28.3 Å². The molecule has 2 heterocycles. The summed E-state index contributed by atoms with van der Waals surface area (Å²) in [6, 6.07) is 22.4. The number of ether oxygens (including phenoxy) is 2. The summed E-state index contributed by atoms with van der Waals surface area (Å²) >= 11 is 0. The largest absolute Gasteiger partial charge is 0.493 e. The Bertz CT molecular complexity index is 1530. The van der Waals surface area contributed by atoms with E-state index in [0.717, 1.165) is 11.3 Å². The summed E-state index contributed by atoms with van der Waals surface area (Å²) in [6.07, 6.45) is 1.72. The number of carbonyl (C=O) groups is 1. The molecule has 5 aromatic rings. The predicted molar refractivity (Wildman–Crippen MR) is 134 cm³/mol. The number of rotatable bonds is 7. The van der Waals surface area contributed by atoms with Crippen LogP contribution in [0.3, 0.4) is 0 Å². The van der Waals surface area contributed by atoms with E-state index in [2.05, 4.69) is 20.8 Å². The molecule has 1 amide bonds. The molecule has 5 rings (SSSR count). The molecule has 0 radical (unpaired) electrons. The summed E-state index contributed by atoms with van der Waals surface area (Å²) in [4.78, 5) is 13.5. The van der Waals surface area contributed by atoms with Gasteiger partial charge in [-0.3, -0.25) is 4.79 Å². The number of hydrogen-bond acceptors (Lipinski definition) is 7. The number of benzene rings is 3. The van der Waals surface area contributed by atoms with Crippen molar-refractivity contribution in [3.63, 3.8) is 0 Å². The number of nitrogens with zero attached hydrogens (tertiary/aromatic N) is 6. The van der Waals surface area contributed by atoms with Gasteiger partial charge in [0.1, 0.15) is 5.69 Å². The Hall–Kier alpha value is -4.99. The first-order valence-electron chi connectivity index (χ1n) is 11.1. The lowest BCUT2D eigenvalue weighted by molar-refractivity contribution is 0.102. The van der Waals surface area contributed by atoms with E-state index >= 15 is 0 Å². The number of para-hydroxylation sites is 1. The molecule has 0 aliphatic rings. The van der Waals surface area contributed by atoms with Crippen molar-refractivity contribution in [3.05, 3.63) is 84.6 Å². The van der Waals surface area contributed by atoms with Gasteiger partial charge in [-0.1, -0.05) is 30.3 Å². The van der Waals surface area contributed by atoms with Crippen LogP contribution in [-0.4, -0.2) is 50.1 Å². The Morgan fingerprint density at radius 3 is 2.42 bits per heavy atom. The fraction of sp³-hybridized carbons (Fsp3) is 0.115. The van der Waals surface area contributed by atoms with Crippen LogP contribution in [0.15, 0.2) is 79.0 Å². The first-order chi connectivity index (χ1) is 17.6. The average Bonchev–Trinajstić information content (AvgIpc) is 3.56. The quantitative estimate of drug-likeness (QED) is 0.374. The highest BCUT2D eigenvalue weighted by molar-refractivity contribution is 6.08. The monoisotopic (exact) mass is 481 g/mol. The number of amides is 1. The maximum absolute atomic E-state index is 13.5. The molecule has 0 bridgehead atoms. The lowest BCUT2D eigenvalue weighted by Gasteiger charge is -2.10. The van der Waals surface area contributed by atoms with Crippen molar-refractivity contribution < 1.29 is 14.3 Å². The predicted octanol–water partition coefficient (Wildman–Crippen LogP) is 4.00. The number of carbonyl (C=O) groups excluding carboxylic acids is 1. The van der Waals surface area contributed by atoms with Gasteiger partial charge in [0, 0.05) is 30.1 Å². The van der Waals surface area contributed by atoms with Gasteiger partial charge in [-0.15, -0.1) is 5.10 Å². The van der Waals surface area contributed by atoms with Gasteiger partial charge in [-0.05, 0) is 52.9 Å². The van der Waals surface area contributed by atoms with Crippen molar-refractivity contribution in [1.29, 1.82) is 0 Å². The molecule has 0 unspecified atom stereocenters. The molecule has 0 saturated heterocycles. The maximum Gasteiger partial charge on any atom is 0.259 e. The lowest BCUT2D eigenvalue weighted by Crippen LogP contribution is -2.12. The van der Waals surface area contributed by atoms with Crippen LogP contribution in [0.1, 0.15) is 10.4 Å². The van der Waals surface area contributed by atoms with Crippen molar-refractivity contribution in [1.82, 2.24) is 30.0 Å². The van der Waals surface area contributed by atoms with E-state index in [1.807, 2.05) is 60.7 Å². The summed E-state index contributed by atoms with van der Waals surface area (Å²) in [5.74, 6) is 1.41. The second-order valence-corrected chi connectivity index (χ2v) is 7.90. The van der Waals surface area contributed by atoms with Gasteiger partial charge in [0.2, 0.25) is 0 Å². The Kier molecular flexibility index (Phi) is 6.14. The summed E-state index contributed by atoms with van der Waals surface area (Å²) in [5.41, 5.74) is 3.83. The zero-order chi connectivity index (χ0) is 25.1. The number of aromatic nitrogens is 6. The van der Waals surface area contributed by atoms with Crippen LogP contribution in [-0.2, 0) is 7.05 Å². The molecule has 0 aliphatic heterocycles. The number of nitrogens with one attached hydrogen (secondary N) is 1. The maximum atomic E-state index is 13.5. The number of anilines is 1. The van der Waals surface area contributed by atoms with Crippen LogP contribution in [0, 0.1) is 0 Å². The SMILES string of the molecule is COc1ccc(-c2nn(-c3ccccc3)cc2C(=O)Nc2cccc(-c3nnnn3C)c2)cc1OC. The third-order valence-corrected chi connectivity index (χ3v) is 5.64. The molecule has 10 nitrogen and oxygen atoms in total. The molecular weight excluding hydrogens is 458 g/mol. The van der Waals surface area contributed by atoms with Crippen LogP contribution in [0.4, 0.5) is 5.69 Å². The summed E-state index contributed by atoms with van der Waals surface area (Å²) in [7, 11) is 4.90. The van der Waals surface area contributed by atoms with Gasteiger partial charge in [0.25, 0.3) is 5.91 Å². The number of tetrazole rings is 1. The molecule has 0 atom stereocenters. The minimum Gasteiger partial charge on any atom is -0.493 e. The molecule has 1 N–H and O–H groups in total. The van der Waals surface area contributed by atoms with Gasteiger partial charge >= 0.3 is 0 Å². The molecule has 10 heteroatoms. The number of hydrogen-bond donors (Lipinski definition) is 1. The summed E-state index contributed by atoms with van der Waals surface area (Å²) in [6.45, 7) is 0. The molecule has 3 aromatic carbocycles. The van der Waals surface area contributed by atoms with Gasteiger partial charge in [-0.2, -0.15) is 5.10 Å². The second-order valence-electron chi connectivity index (χ2n) is 7.90. The van der Waals surface area contributed by atoms with E-state index in [9.17, 15) is 4.79 Å². The van der Waals surface area contributed by atoms with Gasteiger partial charge in [0.15, 0.2) is 17.3 Å². The van der Waals surface area contributed by atoms with E-state index in [4.69, 9.17) is 14.6 Å². The van der Waals surface area contributed by atoms with Crippen LogP contribution < -0.4 is 14.8 Å². The first-order valence-corrected chi connectivity index (χ1v) is 11.1. The highest BCUT2D eigenvalue weighted by atomic mass is 16.5. The van der Waals surface area contributed by atoms with Crippen molar-refractivity contribution in [2.24, 2.45) is 7.05 Å². The minimum atomic E-state index is -0.310. The van der Waals surface area contributed by atoms with Crippen molar-refractivity contribution in [2.45, 2.75) is 0 Å². The van der Waals surface area contributed by atoms with E-state index in [1.54, 1.807) is 49.0 Å². The third-order valence-electron chi connectivity index (χ3n) is 5.64. The van der Waals surface area contributed by atoms with Gasteiger partial charge in [-0.25, -0.2) is 9.36 Å². The molecule has 2 aromatic heterocycles. The normalized spacial score (nSPS) is 10.8. The highest BCUT2D eigenvalue weighted by Crippen LogP contribution is 2.34. The summed E-state index contributed by atoms with van der Waals surface area (Å²) in [5, 5.41) is 19.3. The molecule has 0 spiro atoms. The molecular formula is C26H23N7O3. The Morgan fingerprint density at radius 1 is 0.889 bits per heavy atom. The lowest BCUT2D eigenvalue weighted by atomic mass is 10.1. The van der Waals surface area contributed by atoms with E-state index in [1.165, 1.54) is 0 Å². The van der Waals surface area contributed by atoms with Crippen LogP contribution >= 0.6 is 0 Å². The average molecular weight is 482 g/mol. The van der Waals surface area contributed by atoms with Crippen molar-refractivity contribution in [3.8, 4) is 39.8 Å². The zero-order valence-corrected chi connectivity index (χ0v) is 19.9. The first kappa shape index (κ1) is 22.8. The van der Waals surface area contributed by atoms with Crippen molar-refractivity contribution >= 4 is 11.6 Å². The molecule has 0 saturated carbocycles. The third kappa shape index (κ3) is 4.39. The van der Waals surface area contributed by atoms with E-state index in [0.29, 0.717) is 39.8 Å². The fourth-order valence-corrected chi connectivity index (χ4v) is 3.86. The van der Waals surface area contributed by atoms with Gasteiger partial charge < -0.3 is 14.8 Å². The molecule has 0 fully saturated rings. The minimum absolute atomic E-state index is 0.310. The standard InChI is InChI=1S/C26H23N7O3/c1-32-25(28-30-31-32)18-8-7-9-19(14-18)27-26(34)21-16-33(20-10-5-4-6-11-20)29-24(21)17-12-13-22(35-2)23(15-17)36-3/h4-16H,1-3H3,(H,27,34). The van der Waals surface area contributed by atoms with Crippen molar-refractivity contribution in [2.75, 3.05) is 19.5 Å². The van der Waals surface area contributed by atoms with Crippen LogP contribution in [0.2, 0.25) is 0 Å². The Labute approximate surface area is 207 Å². The fourth-order valence-electron chi connectivity index (χ4n) is 3.86.